The third-order valence-electron chi connectivity index (χ3n) is 2.56. The van der Waals surface area contributed by atoms with Crippen LogP contribution >= 0.6 is 0 Å². The molecule has 98 valence electrons. The normalized spacial score (nSPS) is 12.1. The molecule has 2 rings (SSSR count). The number of hydrogen-bond donors (Lipinski definition) is 2. The summed E-state index contributed by atoms with van der Waals surface area (Å²) in [6, 6.07) is 9.77. The summed E-state index contributed by atoms with van der Waals surface area (Å²) in [5.74, 6) is 0.840. The van der Waals surface area contributed by atoms with Gasteiger partial charge in [-0.2, -0.15) is 0 Å². The molecule has 0 unspecified atom stereocenters. The molecule has 0 saturated carbocycles. The van der Waals surface area contributed by atoms with Gasteiger partial charge in [-0.25, -0.2) is 13.6 Å². The zero-order valence-corrected chi connectivity index (χ0v) is 10.7. The predicted octanol–water partition coefficient (Wildman–Crippen LogP) is 1.20. The van der Waals surface area contributed by atoms with Crippen LogP contribution in [0.25, 0.3) is 11.0 Å². The first kappa shape index (κ1) is 13.1. The molecule has 0 fully saturated rings. The fourth-order valence-electron chi connectivity index (χ4n) is 1.73. The second-order valence-corrected chi connectivity index (χ2v) is 5.88. The van der Waals surface area contributed by atoms with Gasteiger partial charge in [-0.05, 0) is 25.1 Å². The van der Waals surface area contributed by atoms with Crippen LogP contribution in [0.5, 0.6) is 0 Å². The van der Waals surface area contributed by atoms with Gasteiger partial charge in [0.1, 0.15) is 11.3 Å². The molecule has 0 aliphatic carbocycles. The van der Waals surface area contributed by atoms with Gasteiger partial charge in [0.2, 0.25) is 10.0 Å². The maximum atomic E-state index is 10.7. The lowest BCUT2D eigenvalue weighted by molar-refractivity contribution is 0.513. The molecular weight excluding hydrogens is 252 g/mol. The lowest BCUT2D eigenvalue weighted by Crippen LogP contribution is -2.21. The van der Waals surface area contributed by atoms with Crippen molar-refractivity contribution in [2.24, 2.45) is 5.14 Å². The fraction of sp³-hybridized carbons (Fsp3) is 0.333. The summed E-state index contributed by atoms with van der Waals surface area (Å²) in [6.45, 7) is 1.17. The Labute approximate surface area is 106 Å². The van der Waals surface area contributed by atoms with E-state index in [1.165, 1.54) is 0 Å². The standard InChI is InChI=1S/C12H16N2O3S/c13-18(15,16)7-3-6-14-9-11-8-10-4-1-2-5-12(10)17-11/h1-2,4-5,8,14H,3,6-7,9H2,(H2,13,15,16). The Morgan fingerprint density at radius 2 is 2.06 bits per heavy atom. The van der Waals surface area contributed by atoms with Gasteiger partial charge in [0.05, 0.1) is 12.3 Å². The maximum Gasteiger partial charge on any atom is 0.209 e. The van der Waals surface area contributed by atoms with E-state index < -0.39 is 10.0 Å². The van der Waals surface area contributed by atoms with Gasteiger partial charge in [0.15, 0.2) is 0 Å². The molecule has 0 saturated heterocycles. The summed E-state index contributed by atoms with van der Waals surface area (Å²) in [4.78, 5) is 0. The van der Waals surface area contributed by atoms with Crippen LogP contribution in [0.15, 0.2) is 34.7 Å². The minimum absolute atomic E-state index is 0.000129. The highest BCUT2D eigenvalue weighted by atomic mass is 32.2. The Morgan fingerprint density at radius 1 is 1.28 bits per heavy atom. The first-order valence-electron chi connectivity index (χ1n) is 5.73. The lowest BCUT2D eigenvalue weighted by Gasteiger charge is -2.01. The van der Waals surface area contributed by atoms with E-state index in [1.54, 1.807) is 0 Å². The smallest absolute Gasteiger partial charge is 0.209 e. The zero-order valence-electron chi connectivity index (χ0n) is 9.93. The van der Waals surface area contributed by atoms with Crippen molar-refractivity contribution in [1.82, 2.24) is 5.32 Å². The Bertz CT molecular complexity index is 586. The molecule has 1 heterocycles. The van der Waals surface area contributed by atoms with E-state index in [0.717, 1.165) is 16.7 Å². The first-order chi connectivity index (χ1) is 8.54. The third-order valence-corrected chi connectivity index (χ3v) is 3.42. The number of para-hydroxylation sites is 1. The molecule has 0 aliphatic heterocycles. The molecule has 0 radical (unpaired) electrons. The molecule has 5 nitrogen and oxygen atoms in total. The van der Waals surface area contributed by atoms with Crippen LogP contribution in [0.4, 0.5) is 0 Å². The summed E-state index contributed by atoms with van der Waals surface area (Å²) < 4.78 is 27.0. The highest BCUT2D eigenvalue weighted by Gasteiger charge is 2.04. The van der Waals surface area contributed by atoms with E-state index in [9.17, 15) is 8.42 Å². The summed E-state index contributed by atoms with van der Waals surface area (Å²) >= 11 is 0. The van der Waals surface area contributed by atoms with Crippen LogP contribution in [-0.2, 0) is 16.6 Å². The summed E-state index contributed by atoms with van der Waals surface area (Å²) in [7, 11) is -3.35. The number of rotatable bonds is 6. The van der Waals surface area contributed by atoms with Gasteiger partial charge in [0.25, 0.3) is 0 Å². The Hall–Kier alpha value is -1.37. The van der Waals surface area contributed by atoms with Crippen LogP contribution in [0, 0.1) is 0 Å². The predicted molar refractivity (Wildman–Crippen MR) is 70.5 cm³/mol. The van der Waals surface area contributed by atoms with Crippen LogP contribution < -0.4 is 10.5 Å². The molecular formula is C12H16N2O3S. The number of fused-ring (bicyclic) bond motifs is 1. The first-order valence-corrected chi connectivity index (χ1v) is 7.45. The van der Waals surface area contributed by atoms with Crippen molar-refractivity contribution in [2.45, 2.75) is 13.0 Å². The van der Waals surface area contributed by atoms with Crippen LogP contribution in [-0.4, -0.2) is 20.7 Å². The molecule has 2 aromatic rings. The number of nitrogens with two attached hydrogens (primary N) is 1. The SMILES string of the molecule is NS(=O)(=O)CCCNCc1cc2ccccc2o1. The molecule has 1 aromatic heterocycles. The van der Waals surface area contributed by atoms with E-state index in [2.05, 4.69) is 5.32 Å². The van der Waals surface area contributed by atoms with Gasteiger partial charge < -0.3 is 9.73 Å². The minimum Gasteiger partial charge on any atom is -0.460 e. The van der Waals surface area contributed by atoms with Crippen molar-refractivity contribution in [3.05, 3.63) is 36.1 Å². The summed E-state index contributed by atoms with van der Waals surface area (Å²) in [5.41, 5.74) is 0.860. The molecule has 0 aliphatic rings. The quantitative estimate of drug-likeness (QED) is 0.771. The molecule has 0 bridgehead atoms. The van der Waals surface area contributed by atoms with Crippen LogP contribution in [0.3, 0.4) is 0 Å². The van der Waals surface area contributed by atoms with Crippen molar-refractivity contribution in [2.75, 3.05) is 12.3 Å². The zero-order chi connectivity index (χ0) is 13.0. The number of hydrogen-bond acceptors (Lipinski definition) is 4. The van der Waals surface area contributed by atoms with E-state index in [0.29, 0.717) is 19.5 Å². The summed E-state index contributed by atoms with van der Waals surface area (Å²) in [5, 5.41) is 9.10. The second kappa shape index (κ2) is 5.51. The average molecular weight is 268 g/mol. The van der Waals surface area contributed by atoms with Crippen molar-refractivity contribution < 1.29 is 12.8 Å². The van der Waals surface area contributed by atoms with E-state index in [-0.39, 0.29) is 5.75 Å². The Kier molecular flexibility index (Phi) is 4.00. The van der Waals surface area contributed by atoms with Gasteiger partial charge in [0, 0.05) is 5.39 Å². The van der Waals surface area contributed by atoms with Crippen molar-refractivity contribution in [1.29, 1.82) is 0 Å². The van der Waals surface area contributed by atoms with Crippen molar-refractivity contribution in [3.63, 3.8) is 0 Å². The van der Waals surface area contributed by atoms with Crippen LogP contribution in [0.2, 0.25) is 0 Å². The largest absolute Gasteiger partial charge is 0.460 e. The molecule has 1 aromatic carbocycles. The lowest BCUT2D eigenvalue weighted by atomic mass is 10.2. The molecule has 18 heavy (non-hydrogen) atoms. The molecule has 0 atom stereocenters. The topological polar surface area (TPSA) is 85.3 Å². The molecule has 0 spiro atoms. The monoisotopic (exact) mass is 268 g/mol. The second-order valence-electron chi connectivity index (χ2n) is 4.15. The number of sulfonamides is 1. The van der Waals surface area contributed by atoms with E-state index in [4.69, 9.17) is 9.56 Å². The molecule has 3 N–H and O–H groups in total. The number of nitrogens with one attached hydrogen (secondary N) is 1. The minimum atomic E-state index is -3.35. The number of primary sulfonamides is 1. The van der Waals surface area contributed by atoms with E-state index in [1.807, 2.05) is 30.3 Å². The van der Waals surface area contributed by atoms with Gasteiger partial charge in [-0.3, -0.25) is 0 Å². The van der Waals surface area contributed by atoms with Gasteiger partial charge >= 0.3 is 0 Å². The number of benzene rings is 1. The maximum absolute atomic E-state index is 10.7. The molecule has 6 heteroatoms. The summed E-state index contributed by atoms with van der Waals surface area (Å²) in [6.07, 6.45) is 0.499. The third kappa shape index (κ3) is 3.83. The number of furan rings is 1. The van der Waals surface area contributed by atoms with Gasteiger partial charge in [-0.15, -0.1) is 0 Å². The van der Waals surface area contributed by atoms with E-state index >= 15 is 0 Å². The fourth-order valence-corrected chi connectivity index (χ4v) is 2.28. The Morgan fingerprint density at radius 3 is 2.78 bits per heavy atom. The Balaban J connectivity index is 1.80. The van der Waals surface area contributed by atoms with Crippen molar-refractivity contribution >= 4 is 21.0 Å². The van der Waals surface area contributed by atoms with Crippen molar-refractivity contribution in [3.8, 4) is 0 Å². The average Bonchev–Trinajstić information content (AvgIpc) is 2.69. The van der Waals surface area contributed by atoms with Crippen LogP contribution in [0.1, 0.15) is 12.2 Å². The van der Waals surface area contributed by atoms with Gasteiger partial charge in [-0.1, -0.05) is 18.2 Å². The highest BCUT2D eigenvalue weighted by Crippen LogP contribution is 2.18. The molecule has 0 amide bonds. The highest BCUT2D eigenvalue weighted by molar-refractivity contribution is 7.89.